The first kappa shape index (κ1) is 12.3. The molecule has 0 bridgehead atoms. The van der Waals surface area contributed by atoms with E-state index in [2.05, 4.69) is 15.9 Å². The first-order chi connectivity index (χ1) is 8.08. The molecule has 0 saturated heterocycles. The molecule has 0 fully saturated rings. The molecule has 0 aromatic heterocycles. The zero-order valence-corrected chi connectivity index (χ0v) is 10.9. The lowest BCUT2D eigenvalue weighted by atomic mass is 10.00. The summed E-state index contributed by atoms with van der Waals surface area (Å²) >= 11 is 3.09. The van der Waals surface area contributed by atoms with Crippen LogP contribution in [0.15, 0.2) is 46.9 Å². The highest BCUT2D eigenvalue weighted by Crippen LogP contribution is 2.25. The molecule has 1 unspecified atom stereocenters. The number of halogens is 2. The topological polar surface area (TPSA) is 20.2 Å². The van der Waals surface area contributed by atoms with E-state index in [0.29, 0.717) is 10.0 Å². The van der Waals surface area contributed by atoms with E-state index in [9.17, 15) is 9.50 Å². The van der Waals surface area contributed by atoms with Crippen LogP contribution in [0.4, 0.5) is 4.39 Å². The van der Waals surface area contributed by atoms with Crippen molar-refractivity contribution in [3.05, 3.63) is 69.4 Å². The number of aliphatic hydroxyl groups excluding tert-OH is 1. The molecule has 2 rings (SSSR count). The van der Waals surface area contributed by atoms with Crippen LogP contribution < -0.4 is 0 Å². The molecular formula is C14H12BrFO. The van der Waals surface area contributed by atoms with E-state index in [1.807, 2.05) is 31.2 Å². The molecule has 0 radical (unpaired) electrons. The smallest absolute Gasteiger partial charge is 0.137 e. The minimum absolute atomic E-state index is 0.366. The van der Waals surface area contributed by atoms with Gasteiger partial charge in [-0.3, -0.25) is 0 Å². The molecule has 2 aromatic rings. The largest absolute Gasteiger partial charge is 0.384 e. The maximum Gasteiger partial charge on any atom is 0.137 e. The highest BCUT2D eigenvalue weighted by Gasteiger charge is 2.12. The Labute approximate surface area is 108 Å². The van der Waals surface area contributed by atoms with Crippen LogP contribution in [0.3, 0.4) is 0 Å². The van der Waals surface area contributed by atoms with Gasteiger partial charge in [-0.2, -0.15) is 0 Å². The van der Waals surface area contributed by atoms with Crippen molar-refractivity contribution in [1.82, 2.24) is 0 Å². The monoisotopic (exact) mass is 294 g/mol. The Kier molecular flexibility index (Phi) is 3.60. The molecule has 0 aliphatic heterocycles. The van der Waals surface area contributed by atoms with Gasteiger partial charge in [-0.1, -0.05) is 35.9 Å². The Bertz CT molecular complexity index is 539. The van der Waals surface area contributed by atoms with E-state index in [1.54, 1.807) is 12.1 Å². The summed E-state index contributed by atoms with van der Waals surface area (Å²) in [7, 11) is 0. The van der Waals surface area contributed by atoms with Crippen molar-refractivity contribution >= 4 is 15.9 Å². The van der Waals surface area contributed by atoms with Gasteiger partial charge in [-0.05, 0) is 46.1 Å². The number of hydrogen-bond acceptors (Lipinski definition) is 1. The summed E-state index contributed by atoms with van der Waals surface area (Å²) in [4.78, 5) is 0. The highest BCUT2D eigenvalue weighted by atomic mass is 79.9. The van der Waals surface area contributed by atoms with Crippen LogP contribution in [0.2, 0.25) is 0 Å². The van der Waals surface area contributed by atoms with Gasteiger partial charge in [-0.25, -0.2) is 4.39 Å². The van der Waals surface area contributed by atoms with Crippen LogP contribution in [0, 0.1) is 12.7 Å². The second-order valence-corrected chi connectivity index (χ2v) is 4.84. The Morgan fingerprint density at radius 3 is 2.47 bits per heavy atom. The summed E-state index contributed by atoms with van der Waals surface area (Å²) < 4.78 is 13.8. The van der Waals surface area contributed by atoms with Gasteiger partial charge in [0.25, 0.3) is 0 Å². The summed E-state index contributed by atoms with van der Waals surface area (Å²) in [5.74, 6) is -0.366. The molecule has 1 N–H and O–H groups in total. The zero-order chi connectivity index (χ0) is 12.4. The summed E-state index contributed by atoms with van der Waals surface area (Å²) in [6.07, 6.45) is -0.794. The predicted molar refractivity (Wildman–Crippen MR) is 69.3 cm³/mol. The minimum Gasteiger partial charge on any atom is -0.384 e. The van der Waals surface area contributed by atoms with E-state index in [4.69, 9.17) is 0 Å². The Balaban J connectivity index is 2.36. The predicted octanol–water partition coefficient (Wildman–Crippen LogP) is 3.98. The molecule has 0 aliphatic carbocycles. The summed E-state index contributed by atoms with van der Waals surface area (Å²) in [5, 5.41) is 10.1. The van der Waals surface area contributed by atoms with E-state index in [0.717, 1.165) is 11.1 Å². The van der Waals surface area contributed by atoms with E-state index in [-0.39, 0.29) is 5.82 Å². The number of rotatable bonds is 2. The third-order valence-corrected chi connectivity index (χ3v) is 3.26. The van der Waals surface area contributed by atoms with Gasteiger partial charge in [0.15, 0.2) is 0 Å². The van der Waals surface area contributed by atoms with Gasteiger partial charge in [-0.15, -0.1) is 0 Å². The van der Waals surface area contributed by atoms with Crippen molar-refractivity contribution < 1.29 is 9.50 Å². The van der Waals surface area contributed by atoms with E-state index in [1.165, 1.54) is 6.07 Å². The van der Waals surface area contributed by atoms with Gasteiger partial charge in [0.1, 0.15) is 11.9 Å². The summed E-state index contributed by atoms with van der Waals surface area (Å²) in [5.41, 5.74) is 2.39. The first-order valence-electron chi connectivity index (χ1n) is 5.27. The average molecular weight is 295 g/mol. The zero-order valence-electron chi connectivity index (χ0n) is 9.32. The molecule has 17 heavy (non-hydrogen) atoms. The van der Waals surface area contributed by atoms with Crippen molar-refractivity contribution in [3.63, 3.8) is 0 Å². The van der Waals surface area contributed by atoms with Crippen LogP contribution in [0.1, 0.15) is 22.8 Å². The third kappa shape index (κ3) is 2.73. The molecule has 0 amide bonds. The quantitative estimate of drug-likeness (QED) is 0.888. The summed E-state index contributed by atoms with van der Waals surface area (Å²) in [6.45, 7) is 1.96. The van der Waals surface area contributed by atoms with Crippen molar-refractivity contribution in [2.24, 2.45) is 0 Å². The van der Waals surface area contributed by atoms with Gasteiger partial charge < -0.3 is 5.11 Å². The number of aryl methyl sites for hydroxylation is 1. The third-order valence-electron chi connectivity index (χ3n) is 2.62. The van der Waals surface area contributed by atoms with Crippen LogP contribution >= 0.6 is 15.9 Å². The molecule has 0 heterocycles. The second kappa shape index (κ2) is 4.98. The van der Waals surface area contributed by atoms with Crippen molar-refractivity contribution in [2.45, 2.75) is 13.0 Å². The van der Waals surface area contributed by atoms with E-state index < -0.39 is 6.10 Å². The molecule has 0 spiro atoms. The van der Waals surface area contributed by atoms with Crippen LogP contribution in [-0.2, 0) is 0 Å². The lowest BCUT2D eigenvalue weighted by Gasteiger charge is -2.12. The maximum absolute atomic E-state index is 13.4. The normalized spacial score (nSPS) is 12.5. The molecule has 1 nitrogen and oxygen atoms in total. The van der Waals surface area contributed by atoms with Gasteiger partial charge in [0, 0.05) is 0 Å². The molecule has 1 atom stereocenters. The Morgan fingerprint density at radius 2 is 1.82 bits per heavy atom. The number of hydrogen-bond donors (Lipinski definition) is 1. The van der Waals surface area contributed by atoms with E-state index >= 15 is 0 Å². The Morgan fingerprint density at radius 1 is 1.12 bits per heavy atom. The van der Waals surface area contributed by atoms with Gasteiger partial charge in [0.2, 0.25) is 0 Å². The standard InChI is InChI=1S/C14H12BrFO/c1-9-3-2-4-10(7-9)14(17)11-5-6-12(15)13(16)8-11/h2-8,14,17H,1H3. The highest BCUT2D eigenvalue weighted by molar-refractivity contribution is 9.10. The lowest BCUT2D eigenvalue weighted by molar-refractivity contribution is 0.219. The van der Waals surface area contributed by atoms with Crippen LogP contribution in [0.5, 0.6) is 0 Å². The fourth-order valence-electron chi connectivity index (χ4n) is 1.72. The average Bonchev–Trinajstić information content (AvgIpc) is 2.32. The molecule has 3 heteroatoms. The molecule has 88 valence electrons. The fraction of sp³-hybridized carbons (Fsp3) is 0.143. The van der Waals surface area contributed by atoms with Crippen molar-refractivity contribution in [3.8, 4) is 0 Å². The molecule has 0 saturated carbocycles. The lowest BCUT2D eigenvalue weighted by Crippen LogP contribution is -2.00. The number of aliphatic hydroxyl groups is 1. The molecule has 0 aliphatic rings. The van der Waals surface area contributed by atoms with Crippen molar-refractivity contribution in [2.75, 3.05) is 0 Å². The Hall–Kier alpha value is -1.19. The number of benzene rings is 2. The first-order valence-corrected chi connectivity index (χ1v) is 6.07. The SMILES string of the molecule is Cc1cccc(C(O)c2ccc(Br)c(F)c2)c1. The van der Waals surface area contributed by atoms with Crippen LogP contribution in [-0.4, -0.2) is 5.11 Å². The van der Waals surface area contributed by atoms with Gasteiger partial charge in [0.05, 0.1) is 4.47 Å². The molecule has 2 aromatic carbocycles. The van der Waals surface area contributed by atoms with Gasteiger partial charge >= 0.3 is 0 Å². The minimum atomic E-state index is -0.794. The van der Waals surface area contributed by atoms with Crippen molar-refractivity contribution in [1.29, 1.82) is 0 Å². The summed E-state index contributed by atoms with van der Waals surface area (Å²) in [6, 6.07) is 12.2. The fourth-order valence-corrected chi connectivity index (χ4v) is 1.96. The van der Waals surface area contributed by atoms with Crippen LogP contribution in [0.25, 0.3) is 0 Å². The molecular weight excluding hydrogens is 283 g/mol. The maximum atomic E-state index is 13.4. The second-order valence-electron chi connectivity index (χ2n) is 3.99.